The largest absolute Gasteiger partial charge is 0.344 e. The van der Waals surface area contributed by atoms with Gasteiger partial charge in [0, 0.05) is 5.39 Å². The standard InChI is InChI=1S/C26H24N2OS/c1-18-10-9-15-22-19(2)16-24(28-25(18)22)30-17-23(29)27-26(20-11-5-3-6-12-20)21-13-7-4-8-14-21/h3-16,26H,17H2,1-2H3,(H,27,29). The SMILES string of the molecule is Cc1cc(SCC(=O)NC(c2ccccc2)c2ccccc2)nc2c(C)cccc12. The molecule has 0 saturated heterocycles. The summed E-state index contributed by atoms with van der Waals surface area (Å²) in [7, 11) is 0. The first-order valence-corrected chi connectivity index (χ1v) is 11.0. The number of nitrogens with one attached hydrogen (secondary N) is 1. The van der Waals surface area contributed by atoms with Crippen LogP contribution in [0, 0.1) is 13.8 Å². The van der Waals surface area contributed by atoms with Gasteiger partial charge in [-0.2, -0.15) is 0 Å². The van der Waals surface area contributed by atoms with Crippen LogP contribution in [0.4, 0.5) is 0 Å². The lowest BCUT2D eigenvalue weighted by Gasteiger charge is -2.20. The van der Waals surface area contributed by atoms with E-state index in [4.69, 9.17) is 4.98 Å². The zero-order valence-corrected chi connectivity index (χ0v) is 17.9. The molecule has 3 aromatic carbocycles. The number of carbonyl (C=O) groups is 1. The quantitative estimate of drug-likeness (QED) is 0.404. The minimum absolute atomic E-state index is 0.0120. The first-order valence-electron chi connectivity index (χ1n) is 10.0. The Labute approximate surface area is 181 Å². The van der Waals surface area contributed by atoms with Gasteiger partial charge in [0.15, 0.2) is 0 Å². The van der Waals surface area contributed by atoms with Crippen LogP contribution in [-0.4, -0.2) is 16.6 Å². The van der Waals surface area contributed by atoms with E-state index in [0.29, 0.717) is 5.75 Å². The lowest BCUT2D eigenvalue weighted by atomic mass is 9.99. The molecule has 0 spiro atoms. The monoisotopic (exact) mass is 412 g/mol. The normalized spacial score (nSPS) is 11.0. The Hall–Kier alpha value is -3.11. The van der Waals surface area contributed by atoms with E-state index in [2.05, 4.69) is 43.4 Å². The number of nitrogens with zero attached hydrogens (tertiary/aromatic N) is 1. The van der Waals surface area contributed by atoms with Crippen LogP contribution in [0.3, 0.4) is 0 Å². The van der Waals surface area contributed by atoms with Crippen molar-refractivity contribution < 1.29 is 4.79 Å². The molecule has 0 aliphatic rings. The molecule has 4 aromatic rings. The molecule has 0 aliphatic carbocycles. The molecule has 1 N–H and O–H groups in total. The van der Waals surface area contributed by atoms with Gasteiger partial charge in [-0.25, -0.2) is 4.98 Å². The van der Waals surface area contributed by atoms with Crippen molar-refractivity contribution in [2.75, 3.05) is 5.75 Å². The van der Waals surface area contributed by atoms with Crippen LogP contribution in [-0.2, 0) is 4.79 Å². The summed E-state index contributed by atoms with van der Waals surface area (Å²) in [6.45, 7) is 4.16. The molecule has 0 bridgehead atoms. The first-order chi connectivity index (χ1) is 14.6. The molecule has 0 aliphatic heterocycles. The Balaban J connectivity index is 1.51. The molecule has 3 nitrogen and oxygen atoms in total. The van der Waals surface area contributed by atoms with Gasteiger partial charge in [0.05, 0.1) is 22.3 Å². The highest BCUT2D eigenvalue weighted by Gasteiger charge is 2.17. The third kappa shape index (κ3) is 4.55. The highest BCUT2D eigenvalue weighted by Crippen LogP contribution is 2.26. The highest BCUT2D eigenvalue weighted by molar-refractivity contribution is 7.99. The maximum atomic E-state index is 12.8. The van der Waals surface area contributed by atoms with E-state index in [9.17, 15) is 4.79 Å². The van der Waals surface area contributed by atoms with Gasteiger partial charge in [-0.15, -0.1) is 0 Å². The number of aryl methyl sites for hydroxylation is 2. The van der Waals surface area contributed by atoms with Crippen LogP contribution in [0.1, 0.15) is 28.3 Å². The molecule has 0 saturated carbocycles. The number of hydrogen-bond donors (Lipinski definition) is 1. The number of aromatic nitrogens is 1. The number of para-hydroxylation sites is 1. The zero-order valence-electron chi connectivity index (χ0n) is 17.1. The van der Waals surface area contributed by atoms with Crippen molar-refractivity contribution in [1.82, 2.24) is 10.3 Å². The molecule has 4 rings (SSSR count). The topological polar surface area (TPSA) is 42.0 Å². The third-order valence-corrected chi connectivity index (χ3v) is 6.06. The summed E-state index contributed by atoms with van der Waals surface area (Å²) < 4.78 is 0. The van der Waals surface area contributed by atoms with Crippen molar-refractivity contribution in [2.24, 2.45) is 0 Å². The first kappa shape index (κ1) is 20.2. The Morgan fingerprint density at radius 3 is 2.13 bits per heavy atom. The van der Waals surface area contributed by atoms with E-state index >= 15 is 0 Å². The molecule has 0 radical (unpaired) electrons. The van der Waals surface area contributed by atoms with Gasteiger partial charge in [-0.1, -0.05) is 90.6 Å². The summed E-state index contributed by atoms with van der Waals surface area (Å²) in [5.41, 5.74) is 5.47. The van der Waals surface area contributed by atoms with Crippen LogP contribution in [0.15, 0.2) is 90.0 Å². The zero-order chi connectivity index (χ0) is 20.9. The number of benzene rings is 3. The molecule has 4 heteroatoms. The smallest absolute Gasteiger partial charge is 0.231 e. The number of fused-ring (bicyclic) bond motifs is 1. The van der Waals surface area contributed by atoms with Crippen LogP contribution >= 0.6 is 11.8 Å². The Kier molecular flexibility index (Phi) is 6.15. The van der Waals surface area contributed by atoms with Gasteiger partial charge < -0.3 is 5.32 Å². The minimum Gasteiger partial charge on any atom is -0.344 e. The summed E-state index contributed by atoms with van der Waals surface area (Å²) in [5, 5.41) is 5.23. The second-order valence-corrected chi connectivity index (χ2v) is 8.35. The van der Waals surface area contributed by atoms with E-state index < -0.39 is 0 Å². The van der Waals surface area contributed by atoms with Gasteiger partial charge in [0.1, 0.15) is 0 Å². The Morgan fingerprint density at radius 2 is 1.50 bits per heavy atom. The average molecular weight is 413 g/mol. The lowest BCUT2D eigenvalue weighted by Crippen LogP contribution is -2.30. The molecule has 1 amide bonds. The molecule has 0 unspecified atom stereocenters. The van der Waals surface area contributed by atoms with Crippen molar-refractivity contribution in [2.45, 2.75) is 24.9 Å². The van der Waals surface area contributed by atoms with Crippen molar-refractivity contribution >= 4 is 28.6 Å². The third-order valence-electron chi connectivity index (χ3n) is 5.15. The van der Waals surface area contributed by atoms with E-state index in [1.165, 1.54) is 17.3 Å². The number of rotatable bonds is 6. The molecule has 1 aromatic heterocycles. The maximum absolute atomic E-state index is 12.8. The van der Waals surface area contributed by atoms with Crippen LogP contribution in [0.25, 0.3) is 10.9 Å². The van der Waals surface area contributed by atoms with Crippen LogP contribution in [0.2, 0.25) is 0 Å². The van der Waals surface area contributed by atoms with Gasteiger partial charge in [-0.05, 0) is 42.2 Å². The minimum atomic E-state index is -0.172. The summed E-state index contributed by atoms with van der Waals surface area (Å²) in [4.78, 5) is 17.6. The number of hydrogen-bond acceptors (Lipinski definition) is 3. The molecule has 0 fully saturated rings. The predicted molar refractivity (Wildman–Crippen MR) is 125 cm³/mol. The average Bonchev–Trinajstić information content (AvgIpc) is 2.78. The fourth-order valence-corrected chi connectivity index (χ4v) is 4.38. The summed E-state index contributed by atoms with van der Waals surface area (Å²) in [6, 6.07) is 28.2. The fraction of sp³-hybridized carbons (Fsp3) is 0.154. The van der Waals surface area contributed by atoms with Crippen molar-refractivity contribution in [3.63, 3.8) is 0 Å². The van der Waals surface area contributed by atoms with E-state index in [0.717, 1.165) is 32.6 Å². The Morgan fingerprint density at radius 1 is 0.867 bits per heavy atom. The van der Waals surface area contributed by atoms with Crippen molar-refractivity contribution in [3.8, 4) is 0 Å². The predicted octanol–water partition coefficient (Wildman–Crippen LogP) is 5.85. The fourth-order valence-electron chi connectivity index (χ4n) is 3.60. The molecular weight excluding hydrogens is 388 g/mol. The maximum Gasteiger partial charge on any atom is 0.231 e. The number of amides is 1. The van der Waals surface area contributed by atoms with Gasteiger partial charge in [0.25, 0.3) is 0 Å². The van der Waals surface area contributed by atoms with E-state index in [1.807, 2.05) is 60.7 Å². The summed E-state index contributed by atoms with van der Waals surface area (Å²) >= 11 is 1.48. The van der Waals surface area contributed by atoms with Gasteiger partial charge in [-0.3, -0.25) is 4.79 Å². The summed E-state index contributed by atoms with van der Waals surface area (Å²) in [6.07, 6.45) is 0. The van der Waals surface area contributed by atoms with E-state index in [1.54, 1.807) is 0 Å². The van der Waals surface area contributed by atoms with E-state index in [-0.39, 0.29) is 11.9 Å². The van der Waals surface area contributed by atoms with Crippen LogP contribution < -0.4 is 5.32 Å². The van der Waals surface area contributed by atoms with Crippen LogP contribution in [0.5, 0.6) is 0 Å². The van der Waals surface area contributed by atoms with Gasteiger partial charge >= 0.3 is 0 Å². The molecular formula is C26H24N2OS. The number of carbonyl (C=O) groups excluding carboxylic acids is 1. The summed E-state index contributed by atoms with van der Waals surface area (Å²) in [5.74, 6) is 0.307. The Bertz CT molecular complexity index is 1120. The number of pyridine rings is 1. The molecule has 1 heterocycles. The van der Waals surface area contributed by atoms with Gasteiger partial charge in [0.2, 0.25) is 5.91 Å². The lowest BCUT2D eigenvalue weighted by molar-refractivity contribution is -0.119. The van der Waals surface area contributed by atoms with Crippen molar-refractivity contribution in [1.29, 1.82) is 0 Å². The second kappa shape index (κ2) is 9.14. The highest BCUT2D eigenvalue weighted by atomic mass is 32.2. The van der Waals surface area contributed by atoms with Crippen molar-refractivity contribution in [3.05, 3.63) is 107 Å². The number of thioether (sulfide) groups is 1. The second-order valence-electron chi connectivity index (χ2n) is 7.36. The molecule has 150 valence electrons. The molecule has 0 atom stereocenters. The molecule has 30 heavy (non-hydrogen) atoms.